The van der Waals surface area contributed by atoms with Crippen LogP contribution >= 0.6 is 0 Å². The number of carbonyl (C=O) groups excluding carboxylic acids is 2. The number of ether oxygens (including phenoxy) is 3. The predicted octanol–water partition coefficient (Wildman–Crippen LogP) is 3.70. The molecule has 0 unspecified atom stereocenters. The summed E-state index contributed by atoms with van der Waals surface area (Å²) >= 11 is 0. The van der Waals surface area contributed by atoms with E-state index in [1.54, 1.807) is 56.7 Å². The molecule has 0 aliphatic carbocycles. The van der Waals surface area contributed by atoms with E-state index in [1.807, 2.05) is 0 Å². The van der Waals surface area contributed by atoms with Gasteiger partial charge in [-0.15, -0.1) is 0 Å². The number of rotatable bonds is 9. The van der Waals surface area contributed by atoms with Gasteiger partial charge in [0, 0.05) is 24.5 Å². The van der Waals surface area contributed by atoms with Crippen LogP contribution in [0.3, 0.4) is 0 Å². The molecule has 138 valence electrons. The van der Waals surface area contributed by atoms with Gasteiger partial charge in [-0.25, -0.2) is 0 Å². The minimum absolute atomic E-state index is 0.000543. The van der Waals surface area contributed by atoms with Gasteiger partial charge >= 0.3 is 0 Å². The van der Waals surface area contributed by atoms with Crippen molar-refractivity contribution >= 4 is 17.4 Å². The Hall–Kier alpha value is -3.02. The molecule has 6 heteroatoms. The molecule has 0 bridgehead atoms. The number of Topliss-reactive ketones (excluding diaryl/α,β-unsaturated/α-hetero) is 1. The van der Waals surface area contributed by atoms with Crippen LogP contribution in [0.4, 0.5) is 5.69 Å². The van der Waals surface area contributed by atoms with E-state index in [9.17, 15) is 9.59 Å². The number of nitrogens with one attached hydrogen (secondary N) is 1. The van der Waals surface area contributed by atoms with Crippen molar-refractivity contribution in [3.8, 4) is 17.2 Å². The van der Waals surface area contributed by atoms with Gasteiger partial charge in [0.1, 0.15) is 17.2 Å². The Labute approximate surface area is 153 Å². The molecular formula is C20H23NO5. The maximum Gasteiger partial charge on any atom is 0.224 e. The summed E-state index contributed by atoms with van der Waals surface area (Å²) in [6, 6.07) is 12.1. The van der Waals surface area contributed by atoms with Gasteiger partial charge in [0.15, 0.2) is 5.78 Å². The molecule has 0 radical (unpaired) electrons. The summed E-state index contributed by atoms with van der Waals surface area (Å²) in [5.74, 6) is 1.69. The van der Waals surface area contributed by atoms with Crippen LogP contribution in [0.15, 0.2) is 42.5 Å². The van der Waals surface area contributed by atoms with Gasteiger partial charge in [0.25, 0.3) is 0 Å². The highest BCUT2D eigenvalue weighted by atomic mass is 16.5. The lowest BCUT2D eigenvalue weighted by Crippen LogP contribution is -2.13. The van der Waals surface area contributed by atoms with E-state index < -0.39 is 0 Å². The zero-order valence-corrected chi connectivity index (χ0v) is 15.2. The van der Waals surface area contributed by atoms with E-state index in [0.717, 1.165) is 0 Å². The molecule has 2 aromatic rings. The normalized spacial score (nSPS) is 10.1. The summed E-state index contributed by atoms with van der Waals surface area (Å²) in [5.41, 5.74) is 1.15. The quantitative estimate of drug-likeness (QED) is 0.693. The fourth-order valence-electron chi connectivity index (χ4n) is 2.46. The van der Waals surface area contributed by atoms with Crippen molar-refractivity contribution in [3.05, 3.63) is 48.0 Å². The molecule has 0 aromatic heterocycles. The van der Waals surface area contributed by atoms with Gasteiger partial charge in [0.2, 0.25) is 5.91 Å². The molecule has 0 atom stereocenters. The Bertz CT molecular complexity index is 755. The lowest BCUT2D eigenvalue weighted by molar-refractivity contribution is -0.116. The molecule has 2 rings (SSSR count). The summed E-state index contributed by atoms with van der Waals surface area (Å²) < 4.78 is 15.5. The third kappa shape index (κ3) is 5.24. The van der Waals surface area contributed by atoms with Crippen molar-refractivity contribution in [1.82, 2.24) is 0 Å². The maximum absolute atomic E-state index is 12.2. The van der Waals surface area contributed by atoms with Crippen LogP contribution in [0.5, 0.6) is 17.2 Å². The minimum Gasteiger partial charge on any atom is -0.497 e. The summed E-state index contributed by atoms with van der Waals surface area (Å²) in [6.07, 6.45) is 1.00. The number of ketones is 1. The average Bonchev–Trinajstić information content (AvgIpc) is 2.67. The second kappa shape index (κ2) is 9.46. The fourth-order valence-corrected chi connectivity index (χ4v) is 2.46. The predicted molar refractivity (Wildman–Crippen MR) is 99.4 cm³/mol. The largest absolute Gasteiger partial charge is 0.497 e. The average molecular weight is 357 g/mol. The van der Waals surface area contributed by atoms with Crippen molar-refractivity contribution in [2.75, 3.05) is 26.6 Å². The van der Waals surface area contributed by atoms with Gasteiger partial charge in [-0.2, -0.15) is 0 Å². The number of hydrogen-bond acceptors (Lipinski definition) is 5. The molecule has 26 heavy (non-hydrogen) atoms. The Morgan fingerprint density at radius 2 is 1.50 bits per heavy atom. The molecule has 0 aliphatic heterocycles. The molecular weight excluding hydrogens is 334 g/mol. The SMILES string of the molecule is COc1ccc(C(=O)CCCC(=O)Nc2cc(OC)ccc2OC)cc1. The van der Waals surface area contributed by atoms with Crippen LogP contribution in [0.2, 0.25) is 0 Å². The van der Waals surface area contributed by atoms with Crippen LogP contribution in [0, 0.1) is 0 Å². The molecule has 1 amide bonds. The summed E-state index contributed by atoms with van der Waals surface area (Å²) in [7, 11) is 4.66. The maximum atomic E-state index is 12.2. The van der Waals surface area contributed by atoms with E-state index in [0.29, 0.717) is 41.3 Å². The van der Waals surface area contributed by atoms with E-state index >= 15 is 0 Å². The van der Waals surface area contributed by atoms with E-state index in [2.05, 4.69) is 5.32 Å². The van der Waals surface area contributed by atoms with Gasteiger partial charge in [0.05, 0.1) is 27.0 Å². The standard InChI is InChI=1S/C20H23NO5/c1-24-15-9-7-14(8-10-15)18(22)5-4-6-20(23)21-17-13-16(25-2)11-12-19(17)26-3/h7-13H,4-6H2,1-3H3,(H,21,23). The minimum atomic E-state index is -0.181. The Kier molecular flexibility index (Phi) is 7.02. The molecule has 6 nitrogen and oxygen atoms in total. The highest BCUT2D eigenvalue weighted by Crippen LogP contribution is 2.29. The molecule has 0 aliphatic rings. The van der Waals surface area contributed by atoms with E-state index in [-0.39, 0.29) is 18.1 Å². The van der Waals surface area contributed by atoms with Crippen molar-refractivity contribution in [2.24, 2.45) is 0 Å². The van der Waals surface area contributed by atoms with E-state index in [1.165, 1.54) is 7.11 Å². The zero-order chi connectivity index (χ0) is 18.9. The molecule has 1 N–H and O–H groups in total. The summed E-state index contributed by atoms with van der Waals surface area (Å²) in [4.78, 5) is 24.3. The number of benzene rings is 2. The van der Waals surface area contributed by atoms with Crippen LogP contribution in [0.1, 0.15) is 29.6 Å². The summed E-state index contributed by atoms with van der Waals surface area (Å²) in [5, 5.41) is 2.79. The van der Waals surface area contributed by atoms with E-state index in [4.69, 9.17) is 14.2 Å². The van der Waals surface area contributed by atoms with Crippen LogP contribution in [0.25, 0.3) is 0 Å². The Balaban J connectivity index is 1.86. The monoisotopic (exact) mass is 357 g/mol. The third-order valence-corrected chi connectivity index (χ3v) is 3.90. The van der Waals surface area contributed by atoms with Gasteiger partial charge < -0.3 is 19.5 Å². The topological polar surface area (TPSA) is 73.9 Å². The number of anilines is 1. The third-order valence-electron chi connectivity index (χ3n) is 3.90. The highest BCUT2D eigenvalue weighted by molar-refractivity contribution is 5.97. The van der Waals surface area contributed by atoms with Crippen LogP contribution in [-0.2, 0) is 4.79 Å². The first-order chi connectivity index (χ1) is 12.6. The van der Waals surface area contributed by atoms with Gasteiger partial charge in [-0.05, 0) is 42.8 Å². The molecule has 0 heterocycles. The van der Waals surface area contributed by atoms with Crippen molar-refractivity contribution in [2.45, 2.75) is 19.3 Å². The lowest BCUT2D eigenvalue weighted by atomic mass is 10.1. The second-order valence-electron chi connectivity index (χ2n) is 5.62. The fraction of sp³-hybridized carbons (Fsp3) is 0.300. The highest BCUT2D eigenvalue weighted by Gasteiger charge is 2.11. The van der Waals surface area contributed by atoms with Crippen molar-refractivity contribution in [3.63, 3.8) is 0 Å². The summed E-state index contributed by atoms with van der Waals surface area (Å²) in [6.45, 7) is 0. The first-order valence-electron chi connectivity index (χ1n) is 8.26. The molecule has 2 aromatic carbocycles. The van der Waals surface area contributed by atoms with Crippen LogP contribution in [-0.4, -0.2) is 33.0 Å². The number of carbonyl (C=O) groups is 2. The van der Waals surface area contributed by atoms with Crippen molar-refractivity contribution in [1.29, 1.82) is 0 Å². The van der Waals surface area contributed by atoms with Crippen LogP contribution < -0.4 is 19.5 Å². The lowest BCUT2D eigenvalue weighted by Gasteiger charge is -2.11. The molecule has 0 fully saturated rings. The molecule has 0 saturated carbocycles. The first kappa shape index (κ1) is 19.3. The van der Waals surface area contributed by atoms with Crippen molar-refractivity contribution < 1.29 is 23.8 Å². The Morgan fingerprint density at radius 3 is 2.12 bits per heavy atom. The first-order valence-corrected chi connectivity index (χ1v) is 8.26. The van der Waals surface area contributed by atoms with Gasteiger partial charge in [-0.3, -0.25) is 9.59 Å². The molecule has 0 spiro atoms. The van der Waals surface area contributed by atoms with Gasteiger partial charge in [-0.1, -0.05) is 0 Å². The smallest absolute Gasteiger partial charge is 0.224 e. The number of amides is 1. The number of hydrogen-bond donors (Lipinski definition) is 1. The number of methoxy groups -OCH3 is 3. The Morgan fingerprint density at radius 1 is 0.846 bits per heavy atom. The zero-order valence-electron chi connectivity index (χ0n) is 15.2. The second-order valence-corrected chi connectivity index (χ2v) is 5.62. The molecule has 0 saturated heterocycles.